The number of benzene rings is 1. The smallest absolute Gasteiger partial charge is 0.404 e. The molecule has 0 unspecified atom stereocenters. The predicted molar refractivity (Wildman–Crippen MR) is 105 cm³/mol. The van der Waals surface area contributed by atoms with Crippen LogP contribution >= 0.6 is 0 Å². The van der Waals surface area contributed by atoms with Crippen LogP contribution in [0.5, 0.6) is 0 Å². The molecule has 3 aromatic rings. The number of halogens is 1. The van der Waals surface area contributed by atoms with E-state index in [2.05, 4.69) is 20.5 Å². The summed E-state index contributed by atoms with van der Waals surface area (Å²) in [6.45, 7) is 0. The van der Waals surface area contributed by atoms with Gasteiger partial charge >= 0.3 is 6.09 Å². The van der Waals surface area contributed by atoms with Crippen molar-refractivity contribution in [2.75, 3.05) is 6.26 Å². The van der Waals surface area contributed by atoms with Crippen LogP contribution in [0, 0.1) is 5.82 Å². The van der Waals surface area contributed by atoms with Crippen molar-refractivity contribution in [3.8, 4) is 17.2 Å². The second kappa shape index (κ2) is 7.48. The van der Waals surface area contributed by atoms with Crippen molar-refractivity contribution in [1.29, 1.82) is 0 Å². The first-order valence-electron chi connectivity index (χ1n) is 9.10. The summed E-state index contributed by atoms with van der Waals surface area (Å²) >= 11 is 0. The molecule has 30 heavy (non-hydrogen) atoms. The first-order valence-corrected chi connectivity index (χ1v) is 11.0. The van der Waals surface area contributed by atoms with Crippen LogP contribution < -0.4 is 5.32 Å². The van der Waals surface area contributed by atoms with Gasteiger partial charge in [0.05, 0.1) is 10.6 Å². The first-order chi connectivity index (χ1) is 14.2. The lowest BCUT2D eigenvalue weighted by Gasteiger charge is -2.34. The van der Waals surface area contributed by atoms with Gasteiger partial charge in [-0.15, -0.1) is 10.2 Å². The fourth-order valence-corrected chi connectivity index (χ4v) is 4.01. The Labute approximate surface area is 171 Å². The van der Waals surface area contributed by atoms with Gasteiger partial charge in [0.25, 0.3) is 0 Å². The Hall–Kier alpha value is -3.34. The van der Waals surface area contributed by atoms with Gasteiger partial charge in [-0.3, -0.25) is 9.55 Å². The van der Waals surface area contributed by atoms with E-state index in [1.54, 1.807) is 22.8 Å². The molecule has 1 aliphatic carbocycles. The molecule has 0 bridgehead atoms. The highest BCUT2D eigenvalue weighted by Crippen LogP contribution is 2.38. The maximum absolute atomic E-state index is 14.6. The number of hydrogen-bond acceptors (Lipinski definition) is 6. The van der Waals surface area contributed by atoms with Gasteiger partial charge in [-0.05, 0) is 37.1 Å². The Bertz CT molecular complexity index is 1200. The molecule has 0 radical (unpaired) electrons. The number of para-hydroxylation sites is 1. The summed E-state index contributed by atoms with van der Waals surface area (Å²) in [5, 5.41) is 19.7. The van der Waals surface area contributed by atoms with Crippen LogP contribution in [0.2, 0.25) is 0 Å². The first kappa shape index (κ1) is 20.0. The molecule has 2 aromatic heterocycles. The summed E-state index contributed by atoms with van der Waals surface area (Å²) in [6, 6.07) is 8.86. The molecule has 2 N–H and O–H groups in total. The van der Waals surface area contributed by atoms with Gasteiger partial charge in [-0.1, -0.05) is 12.1 Å². The number of hydrogen-bond donors (Lipinski definition) is 2. The summed E-state index contributed by atoms with van der Waals surface area (Å²) in [5.74, 6) is 0.169. The van der Waals surface area contributed by atoms with Gasteiger partial charge in [0, 0.05) is 24.4 Å². The molecule has 2 heterocycles. The molecule has 1 fully saturated rings. The third-order valence-electron chi connectivity index (χ3n) is 5.01. The Kier molecular flexibility index (Phi) is 4.98. The summed E-state index contributed by atoms with van der Waals surface area (Å²) < 4.78 is 39.6. The lowest BCUT2D eigenvalue weighted by atomic mass is 9.79. The zero-order valence-corrected chi connectivity index (χ0v) is 16.7. The number of nitrogens with one attached hydrogen (secondary N) is 1. The van der Waals surface area contributed by atoms with Gasteiger partial charge < -0.3 is 10.4 Å². The molecule has 1 aliphatic rings. The molecular weight excluding hydrogens is 413 g/mol. The van der Waals surface area contributed by atoms with Crippen molar-refractivity contribution in [3.63, 3.8) is 0 Å². The van der Waals surface area contributed by atoms with Crippen LogP contribution in [0.1, 0.15) is 24.6 Å². The molecular formula is C19H18FN5O4S. The van der Waals surface area contributed by atoms with E-state index >= 15 is 0 Å². The van der Waals surface area contributed by atoms with Crippen LogP contribution in [0.3, 0.4) is 0 Å². The van der Waals surface area contributed by atoms with E-state index in [0.717, 1.165) is 6.26 Å². The molecule has 11 heteroatoms. The maximum atomic E-state index is 14.6. The zero-order chi connectivity index (χ0) is 21.5. The van der Waals surface area contributed by atoms with Gasteiger partial charge in [0.2, 0.25) is 0 Å². The number of pyridine rings is 1. The van der Waals surface area contributed by atoms with E-state index < -0.39 is 21.7 Å². The number of nitrogens with zero attached hydrogens (tertiary/aromatic N) is 4. The summed E-state index contributed by atoms with van der Waals surface area (Å²) in [7, 11) is -3.41. The van der Waals surface area contributed by atoms with Crippen molar-refractivity contribution in [1.82, 2.24) is 25.1 Å². The van der Waals surface area contributed by atoms with Crippen molar-refractivity contribution in [2.24, 2.45) is 0 Å². The van der Waals surface area contributed by atoms with Crippen LogP contribution in [0.15, 0.2) is 47.5 Å². The average molecular weight is 431 g/mol. The molecule has 1 saturated carbocycles. The van der Waals surface area contributed by atoms with Crippen molar-refractivity contribution >= 4 is 15.9 Å². The molecule has 0 aliphatic heterocycles. The highest BCUT2D eigenvalue weighted by Gasteiger charge is 2.36. The van der Waals surface area contributed by atoms with Crippen LogP contribution in [-0.2, 0) is 9.84 Å². The summed E-state index contributed by atoms with van der Waals surface area (Å²) in [6.07, 6.45) is 2.24. The van der Waals surface area contributed by atoms with E-state index in [1.165, 1.54) is 24.4 Å². The van der Waals surface area contributed by atoms with Crippen molar-refractivity contribution in [2.45, 2.75) is 29.7 Å². The molecule has 156 valence electrons. The second-order valence-corrected chi connectivity index (χ2v) is 9.15. The third kappa shape index (κ3) is 3.75. The van der Waals surface area contributed by atoms with Crippen molar-refractivity contribution in [3.05, 3.63) is 54.2 Å². The molecule has 1 aromatic carbocycles. The lowest BCUT2D eigenvalue weighted by Crippen LogP contribution is -2.43. The number of sulfone groups is 1. The van der Waals surface area contributed by atoms with Gasteiger partial charge in [-0.25, -0.2) is 17.6 Å². The minimum atomic E-state index is -3.41. The fourth-order valence-electron chi connectivity index (χ4n) is 3.45. The third-order valence-corrected chi connectivity index (χ3v) is 6.10. The topological polar surface area (TPSA) is 127 Å². The zero-order valence-electron chi connectivity index (χ0n) is 15.9. The number of aromatic nitrogens is 4. The van der Waals surface area contributed by atoms with E-state index in [-0.39, 0.29) is 28.4 Å². The fraction of sp³-hybridized carbons (Fsp3) is 0.263. The Balaban J connectivity index is 1.76. The second-order valence-electron chi connectivity index (χ2n) is 7.13. The van der Waals surface area contributed by atoms with Gasteiger partial charge in [0.15, 0.2) is 15.7 Å². The van der Waals surface area contributed by atoms with E-state index in [1.807, 2.05) is 0 Å². The highest BCUT2D eigenvalue weighted by atomic mass is 32.2. The van der Waals surface area contributed by atoms with Crippen LogP contribution in [-0.4, -0.2) is 51.7 Å². The van der Waals surface area contributed by atoms with Gasteiger partial charge in [0.1, 0.15) is 17.3 Å². The molecule has 0 atom stereocenters. The number of rotatable bonds is 5. The lowest BCUT2D eigenvalue weighted by molar-refractivity contribution is 0.176. The molecule has 0 saturated heterocycles. The molecule has 9 nitrogen and oxygen atoms in total. The molecule has 0 spiro atoms. The molecule has 1 amide bonds. The maximum Gasteiger partial charge on any atom is 0.404 e. The number of carboxylic acid groups (broad SMARTS) is 1. The Morgan fingerprint density at radius 1 is 1.20 bits per heavy atom. The predicted octanol–water partition coefficient (Wildman–Crippen LogP) is 2.39. The Morgan fingerprint density at radius 3 is 2.53 bits per heavy atom. The van der Waals surface area contributed by atoms with E-state index in [9.17, 15) is 17.6 Å². The normalized spacial score (nSPS) is 18.6. The Morgan fingerprint density at radius 2 is 1.93 bits per heavy atom. The minimum Gasteiger partial charge on any atom is -0.465 e. The number of carbonyl (C=O) groups is 1. The quantitative estimate of drug-likeness (QED) is 0.635. The summed E-state index contributed by atoms with van der Waals surface area (Å²) in [5.41, 5.74) is 0.570. The van der Waals surface area contributed by atoms with Crippen molar-refractivity contribution < 1.29 is 22.7 Å². The van der Waals surface area contributed by atoms with Crippen LogP contribution in [0.25, 0.3) is 17.2 Å². The largest absolute Gasteiger partial charge is 0.465 e. The van der Waals surface area contributed by atoms with E-state index in [4.69, 9.17) is 5.11 Å². The number of amides is 1. The van der Waals surface area contributed by atoms with Gasteiger partial charge in [-0.2, -0.15) is 0 Å². The summed E-state index contributed by atoms with van der Waals surface area (Å²) in [4.78, 5) is 15.1. The van der Waals surface area contributed by atoms with Crippen LogP contribution in [0.4, 0.5) is 9.18 Å². The highest BCUT2D eigenvalue weighted by molar-refractivity contribution is 7.90. The minimum absolute atomic E-state index is 0.0602. The standard InChI is InChI=1S/C19H18FN5O4S/c1-30(28,29)13-6-7-15(21-10-13)18-24-23-17(11-8-12(9-11)22-19(26)27)25(18)16-5-3-2-4-14(16)20/h2-7,10-12,22H,8-9H2,1H3,(H,26,27). The average Bonchev–Trinajstić information content (AvgIpc) is 3.08. The molecule has 4 rings (SSSR count). The monoisotopic (exact) mass is 431 g/mol. The SMILES string of the molecule is CS(=O)(=O)c1ccc(-c2nnc(C3CC(NC(=O)O)C3)n2-c2ccccc2F)nc1. The van der Waals surface area contributed by atoms with E-state index in [0.29, 0.717) is 24.4 Å².